The van der Waals surface area contributed by atoms with E-state index in [-0.39, 0.29) is 0 Å². The average molecular weight is 258 g/mol. The van der Waals surface area contributed by atoms with Crippen LogP contribution < -0.4 is 0 Å². The van der Waals surface area contributed by atoms with Gasteiger partial charge in [0.15, 0.2) is 0 Å². The third-order valence-electron chi connectivity index (χ3n) is 4.81. The molecule has 0 heterocycles. The molecular formula is C19H30. The Bertz CT molecular complexity index is 358. The lowest BCUT2D eigenvalue weighted by Crippen LogP contribution is -2.07. The molecule has 0 aromatic heterocycles. The maximum atomic E-state index is 2.51. The van der Waals surface area contributed by atoms with Gasteiger partial charge in [0.1, 0.15) is 0 Å². The molecule has 0 aromatic rings. The Morgan fingerprint density at radius 3 is 2.74 bits per heavy atom. The first-order valence-electron chi connectivity index (χ1n) is 8.32. The molecule has 0 radical (unpaired) electrons. The van der Waals surface area contributed by atoms with E-state index >= 15 is 0 Å². The molecule has 0 amide bonds. The molecular weight excluding hydrogens is 228 g/mol. The van der Waals surface area contributed by atoms with Gasteiger partial charge in [0.25, 0.3) is 0 Å². The Hall–Kier alpha value is -0.780. The number of hydrogen-bond donors (Lipinski definition) is 0. The largest absolute Gasteiger partial charge is 0.0878 e. The molecule has 2 bridgehead atoms. The minimum atomic E-state index is 0.398. The normalized spacial score (nSPS) is 31.1. The van der Waals surface area contributed by atoms with E-state index in [1.54, 1.807) is 5.57 Å². The second-order valence-corrected chi connectivity index (χ2v) is 6.40. The van der Waals surface area contributed by atoms with Crippen LogP contribution >= 0.6 is 0 Å². The van der Waals surface area contributed by atoms with E-state index in [2.05, 4.69) is 44.2 Å². The molecule has 0 aliphatic heterocycles. The average Bonchev–Trinajstić information content (AvgIpc) is 2.99. The molecule has 2 aliphatic rings. The van der Waals surface area contributed by atoms with Crippen LogP contribution in [0, 0.1) is 11.3 Å². The third kappa shape index (κ3) is 3.84. The van der Waals surface area contributed by atoms with E-state index in [0.717, 1.165) is 5.92 Å². The Morgan fingerprint density at radius 1 is 1.21 bits per heavy atom. The van der Waals surface area contributed by atoms with E-state index in [1.165, 1.54) is 57.8 Å². The summed E-state index contributed by atoms with van der Waals surface area (Å²) in [5, 5.41) is 0. The number of fused-ring (bicyclic) bond motifs is 2. The first-order valence-corrected chi connectivity index (χ1v) is 8.32. The van der Waals surface area contributed by atoms with Crippen molar-refractivity contribution in [2.24, 2.45) is 11.3 Å². The van der Waals surface area contributed by atoms with Crippen LogP contribution in [0.5, 0.6) is 0 Å². The Balaban J connectivity index is 1.65. The maximum Gasteiger partial charge on any atom is 0.0107 e. The molecule has 19 heavy (non-hydrogen) atoms. The van der Waals surface area contributed by atoms with Crippen molar-refractivity contribution in [3.05, 3.63) is 36.0 Å². The fourth-order valence-electron chi connectivity index (χ4n) is 3.61. The van der Waals surface area contributed by atoms with Crippen molar-refractivity contribution < 1.29 is 0 Å². The van der Waals surface area contributed by atoms with Crippen LogP contribution in [-0.2, 0) is 0 Å². The first kappa shape index (κ1) is 14.6. The quantitative estimate of drug-likeness (QED) is 0.359. The lowest BCUT2D eigenvalue weighted by molar-refractivity contribution is 0.526. The zero-order chi connectivity index (χ0) is 13.6. The van der Waals surface area contributed by atoms with Crippen molar-refractivity contribution in [2.75, 3.05) is 0 Å². The highest BCUT2D eigenvalue weighted by molar-refractivity contribution is 5.35. The summed E-state index contributed by atoms with van der Waals surface area (Å²) in [6.07, 6.45) is 24.5. The van der Waals surface area contributed by atoms with Crippen LogP contribution in [0.25, 0.3) is 0 Å². The Labute approximate surface area is 119 Å². The van der Waals surface area contributed by atoms with Crippen molar-refractivity contribution in [1.82, 2.24) is 0 Å². The first-order chi connectivity index (χ1) is 9.29. The van der Waals surface area contributed by atoms with Gasteiger partial charge in [-0.3, -0.25) is 0 Å². The van der Waals surface area contributed by atoms with Crippen molar-refractivity contribution in [3.63, 3.8) is 0 Å². The summed E-state index contributed by atoms with van der Waals surface area (Å²) >= 11 is 0. The standard InChI is InChI=1S/C19H30/c1-3-5-6-7-8-9-10-11-13-19-14-12-18(16-19)17(4-2)15-19/h4,11-14,18H,3,5-10,15-16H2,1-2H3. The van der Waals surface area contributed by atoms with Crippen LogP contribution in [0.1, 0.15) is 71.6 Å². The molecule has 0 aromatic carbocycles. The number of rotatable bonds is 8. The van der Waals surface area contributed by atoms with Gasteiger partial charge in [-0.25, -0.2) is 0 Å². The summed E-state index contributed by atoms with van der Waals surface area (Å²) in [6.45, 7) is 4.47. The molecule has 2 unspecified atom stereocenters. The molecule has 1 fully saturated rings. The van der Waals surface area contributed by atoms with Crippen LogP contribution in [0.2, 0.25) is 0 Å². The van der Waals surface area contributed by atoms with Crippen LogP contribution in [0.4, 0.5) is 0 Å². The zero-order valence-electron chi connectivity index (χ0n) is 12.8. The summed E-state index contributed by atoms with van der Waals surface area (Å²) in [5.74, 6) is 0.753. The fourth-order valence-corrected chi connectivity index (χ4v) is 3.61. The zero-order valence-corrected chi connectivity index (χ0v) is 12.8. The molecule has 0 heteroatoms. The predicted octanol–water partition coefficient (Wildman–Crippen LogP) is 6.21. The summed E-state index contributed by atoms with van der Waals surface area (Å²) in [6, 6.07) is 0. The second-order valence-electron chi connectivity index (χ2n) is 6.40. The molecule has 0 N–H and O–H groups in total. The second kappa shape index (κ2) is 7.12. The molecule has 1 saturated carbocycles. The van der Waals surface area contributed by atoms with E-state index in [0.29, 0.717) is 5.41 Å². The highest BCUT2D eigenvalue weighted by Crippen LogP contribution is 2.53. The molecule has 0 saturated heterocycles. The SMILES string of the molecule is CC=C1CC2(C=CCCCCCCCC)C=CC1C2. The minimum absolute atomic E-state index is 0.398. The lowest BCUT2D eigenvalue weighted by atomic mass is 9.86. The van der Waals surface area contributed by atoms with Gasteiger partial charge >= 0.3 is 0 Å². The van der Waals surface area contributed by atoms with Gasteiger partial charge in [-0.2, -0.15) is 0 Å². The number of hydrogen-bond acceptors (Lipinski definition) is 0. The van der Waals surface area contributed by atoms with Gasteiger partial charge in [-0.15, -0.1) is 0 Å². The molecule has 106 valence electrons. The van der Waals surface area contributed by atoms with E-state index in [1.807, 2.05) is 0 Å². The molecule has 0 spiro atoms. The predicted molar refractivity (Wildman–Crippen MR) is 85.2 cm³/mol. The highest BCUT2D eigenvalue weighted by Gasteiger charge is 2.41. The van der Waals surface area contributed by atoms with E-state index in [9.17, 15) is 0 Å². The Morgan fingerprint density at radius 2 is 2.00 bits per heavy atom. The van der Waals surface area contributed by atoms with E-state index < -0.39 is 0 Å². The molecule has 2 atom stereocenters. The van der Waals surface area contributed by atoms with Gasteiger partial charge in [0.05, 0.1) is 0 Å². The van der Waals surface area contributed by atoms with Crippen LogP contribution in [0.3, 0.4) is 0 Å². The number of unbranched alkanes of at least 4 members (excludes halogenated alkanes) is 6. The highest BCUT2D eigenvalue weighted by atomic mass is 14.4. The molecule has 2 aliphatic carbocycles. The summed E-state index contributed by atoms with van der Waals surface area (Å²) in [5.41, 5.74) is 2.06. The summed E-state index contributed by atoms with van der Waals surface area (Å²) in [4.78, 5) is 0. The van der Waals surface area contributed by atoms with Gasteiger partial charge in [-0.1, -0.05) is 75.0 Å². The summed E-state index contributed by atoms with van der Waals surface area (Å²) in [7, 11) is 0. The smallest absolute Gasteiger partial charge is 0.0107 e. The fraction of sp³-hybridized carbons (Fsp3) is 0.684. The van der Waals surface area contributed by atoms with Gasteiger partial charge in [-0.05, 0) is 38.5 Å². The van der Waals surface area contributed by atoms with Crippen LogP contribution in [-0.4, -0.2) is 0 Å². The number of allylic oxidation sites excluding steroid dienone is 6. The van der Waals surface area contributed by atoms with Gasteiger partial charge in [0.2, 0.25) is 0 Å². The topological polar surface area (TPSA) is 0 Å². The molecule has 0 nitrogen and oxygen atoms in total. The van der Waals surface area contributed by atoms with Gasteiger partial charge in [0, 0.05) is 5.41 Å². The van der Waals surface area contributed by atoms with Crippen LogP contribution in [0.15, 0.2) is 36.0 Å². The van der Waals surface area contributed by atoms with Crippen molar-refractivity contribution in [1.29, 1.82) is 0 Å². The minimum Gasteiger partial charge on any atom is -0.0878 e. The van der Waals surface area contributed by atoms with Crippen molar-refractivity contribution in [3.8, 4) is 0 Å². The van der Waals surface area contributed by atoms with Crippen molar-refractivity contribution >= 4 is 0 Å². The lowest BCUT2D eigenvalue weighted by Gasteiger charge is -2.18. The van der Waals surface area contributed by atoms with Gasteiger partial charge < -0.3 is 0 Å². The third-order valence-corrected chi connectivity index (χ3v) is 4.81. The Kier molecular flexibility index (Phi) is 5.48. The monoisotopic (exact) mass is 258 g/mol. The van der Waals surface area contributed by atoms with E-state index in [4.69, 9.17) is 0 Å². The molecule has 2 rings (SSSR count). The van der Waals surface area contributed by atoms with Crippen molar-refractivity contribution in [2.45, 2.75) is 71.6 Å². The maximum absolute atomic E-state index is 2.51. The summed E-state index contributed by atoms with van der Waals surface area (Å²) < 4.78 is 0.